The van der Waals surface area contributed by atoms with Crippen molar-refractivity contribution in [2.24, 2.45) is 0 Å². The number of carboxylic acid groups (broad SMARTS) is 1. The van der Waals surface area contributed by atoms with E-state index in [4.69, 9.17) is 5.11 Å². The van der Waals surface area contributed by atoms with Crippen LogP contribution in [0.5, 0.6) is 0 Å². The molecule has 0 aliphatic rings. The lowest BCUT2D eigenvalue weighted by atomic mass is 10.0. The molecule has 0 spiro atoms. The van der Waals surface area contributed by atoms with Gasteiger partial charge in [-0.25, -0.2) is 4.79 Å². The number of H-pyrrole nitrogens is 1. The molecule has 0 saturated carbocycles. The summed E-state index contributed by atoms with van der Waals surface area (Å²) in [4.78, 5) is 26.1. The van der Waals surface area contributed by atoms with Crippen molar-refractivity contribution in [2.45, 2.75) is 19.3 Å². The first-order valence-electron chi connectivity index (χ1n) is 7.57. The summed E-state index contributed by atoms with van der Waals surface area (Å²) >= 11 is 0. The third-order valence-corrected chi connectivity index (χ3v) is 3.93. The Morgan fingerprint density at radius 1 is 1.00 bits per heavy atom. The van der Waals surface area contributed by atoms with Crippen molar-refractivity contribution in [1.82, 2.24) is 4.98 Å². The number of nitrogens with one attached hydrogen (secondary N) is 1. The van der Waals surface area contributed by atoms with E-state index < -0.39 is 5.97 Å². The molecule has 0 aliphatic carbocycles. The van der Waals surface area contributed by atoms with Crippen LogP contribution in [-0.2, 0) is 6.42 Å². The molecule has 3 aromatic rings. The number of aryl methyl sites for hydroxylation is 1. The van der Waals surface area contributed by atoms with Gasteiger partial charge in [-0.15, -0.1) is 0 Å². The van der Waals surface area contributed by atoms with E-state index in [-0.39, 0.29) is 11.5 Å². The molecule has 2 aromatic carbocycles. The van der Waals surface area contributed by atoms with Crippen LogP contribution in [0.1, 0.15) is 39.3 Å². The highest BCUT2D eigenvalue weighted by Crippen LogP contribution is 2.22. The molecule has 0 saturated heterocycles. The number of aromatic carboxylic acids is 1. The number of hydrogen-bond acceptors (Lipinski definition) is 2. The summed E-state index contributed by atoms with van der Waals surface area (Å²) in [5, 5.41) is 9.99. The van der Waals surface area contributed by atoms with Crippen LogP contribution in [0.15, 0.2) is 54.6 Å². The Morgan fingerprint density at radius 2 is 1.78 bits per heavy atom. The topological polar surface area (TPSA) is 70.2 Å². The standard InChI is InChI=1S/C19H17NO3/c21-18(14-6-2-1-3-7-14)11-5-9-13-8-4-10-16-15(13)12-17(20-16)19(22)23/h1-4,6-8,10,12,20H,5,9,11H2,(H,22,23). The van der Waals surface area contributed by atoms with Gasteiger partial charge < -0.3 is 10.1 Å². The molecule has 4 nitrogen and oxygen atoms in total. The van der Waals surface area contributed by atoms with Crippen LogP contribution < -0.4 is 0 Å². The summed E-state index contributed by atoms with van der Waals surface area (Å²) in [6, 6.07) is 16.7. The Bertz CT molecular complexity index is 849. The number of carboxylic acids is 1. The van der Waals surface area contributed by atoms with Gasteiger partial charge in [-0.05, 0) is 30.5 Å². The second kappa shape index (κ2) is 6.48. The number of rotatable bonds is 6. The maximum absolute atomic E-state index is 12.1. The molecule has 4 heteroatoms. The lowest BCUT2D eigenvalue weighted by Crippen LogP contribution is -1.99. The lowest BCUT2D eigenvalue weighted by Gasteiger charge is -2.04. The lowest BCUT2D eigenvalue weighted by molar-refractivity contribution is 0.0691. The normalized spacial score (nSPS) is 10.8. The van der Waals surface area contributed by atoms with E-state index in [9.17, 15) is 9.59 Å². The molecular weight excluding hydrogens is 290 g/mol. The molecule has 1 aromatic heterocycles. The third kappa shape index (κ3) is 3.31. The first-order valence-corrected chi connectivity index (χ1v) is 7.57. The first-order chi connectivity index (χ1) is 11.1. The zero-order chi connectivity index (χ0) is 16.2. The fraction of sp³-hybridized carbons (Fsp3) is 0.158. The SMILES string of the molecule is O=C(CCCc1cccc2[nH]c(C(=O)O)cc12)c1ccccc1. The molecule has 2 N–H and O–H groups in total. The van der Waals surface area contributed by atoms with E-state index in [1.807, 2.05) is 48.5 Å². The van der Waals surface area contributed by atoms with Crippen LogP contribution in [0.2, 0.25) is 0 Å². The van der Waals surface area contributed by atoms with Gasteiger partial charge in [0, 0.05) is 22.9 Å². The molecule has 3 rings (SSSR count). The van der Waals surface area contributed by atoms with Gasteiger partial charge in [0.1, 0.15) is 5.69 Å². The minimum atomic E-state index is -0.966. The summed E-state index contributed by atoms with van der Waals surface area (Å²) in [6.45, 7) is 0. The Labute approximate surface area is 133 Å². The van der Waals surface area contributed by atoms with Crippen LogP contribution in [0.3, 0.4) is 0 Å². The zero-order valence-corrected chi connectivity index (χ0v) is 12.6. The molecule has 0 atom stereocenters. The molecule has 116 valence electrons. The van der Waals surface area contributed by atoms with Gasteiger partial charge in [-0.3, -0.25) is 4.79 Å². The second-order valence-electron chi connectivity index (χ2n) is 5.51. The van der Waals surface area contributed by atoms with Gasteiger partial charge in [0.2, 0.25) is 0 Å². The molecule has 23 heavy (non-hydrogen) atoms. The zero-order valence-electron chi connectivity index (χ0n) is 12.6. The average molecular weight is 307 g/mol. The van der Waals surface area contributed by atoms with Crippen molar-refractivity contribution in [2.75, 3.05) is 0 Å². The predicted octanol–water partition coefficient (Wildman–Crippen LogP) is 4.07. The highest BCUT2D eigenvalue weighted by atomic mass is 16.4. The number of aromatic nitrogens is 1. The Hall–Kier alpha value is -2.88. The van der Waals surface area contributed by atoms with E-state index >= 15 is 0 Å². The number of ketones is 1. The Morgan fingerprint density at radius 3 is 2.52 bits per heavy atom. The predicted molar refractivity (Wildman–Crippen MR) is 89.0 cm³/mol. The van der Waals surface area contributed by atoms with E-state index in [0.717, 1.165) is 34.9 Å². The first kappa shape index (κ1) is 15.0. The van der Waals surface area contributed by atoms with Gasteiger partial charge >= 0.3 is 5.97 Å². The highest BCUT2D eigenvalue weighted by molar-refractivity contribution is 5.96. The summed E-state index contributed by atoms with van der Waals surface area (Å²) in [6.07, 6.45) is 1.96. The second-order valence-corrected chi connectivity index (χ2v) is 5.51. The number of carbonyl (C=O) groups excluding carboxylic acids is 1. The van der Waals surface area contributed by atoms with E-state index in [0.29, 0.717) is 6.42 Å². The van der Waals surface area contributed by atoms with Gasteiger partial charge in [-0.1, -0.05) is 42.5 Å². The largest absolute Gasteiger partial charge is 0.477 e. The van der Waals surface area contributed by atoms with Crippen molar-refractivity contribution < 1.29 is 14.7 Å². The van der Waals surface area contributed by atoms with Crippen LogP contribution in [0, 0.1) is 0 Å². The van der Waals surface area contributed by atoms with Crippen molar-refractivity contribution in [3.05, 3.63) is 71.4 Å². The maximum Gasteiger partial charge on any atom is 0.352 e. The van der Waals surface area contributed by atoms with Crippen molar-refractivity contribution >= 4 is 22.7 Å². The molecule has 0 aliphatic heterocycles. The number of benzene rings is 2. The van der Waals surface area contributed by atoms with Gasteiger partial charge in [0.25, 0.3) is 0 Å². The fourth-order valence-electron chi connectivity index (χ4n) is 2.76. The van der Waals surface area contributed by atoms with Crippen molar-refractivity contribution in [3.63, 3.8) is 0 Å². The molecular formula is C19H17NO3. The monoisotopic (exact) mass is 307 g/mol. The molecule has 0 amide bonds. The average Bonchev–Trinajstić information content (AvgIpc) is 3.01. The molecule has 0 unspecified atom stereocenters. The van der Waals surface area contributed by atoms with Crippen LogP contribution in [0.25, 0.3) is 10.9 Å². The van der Waals surface area contributed by atoms with E-state index in [1.165, 1.54) is 0 Å². The van der Waals surface area contributed by atoms with Crippen molar-refractivity contribution in [3.8, 4) is 0 Å². The van der Waals surface area contributed by atoms with E-state index in [1.54, 1.807) is 6.07 Å². The smallest absolute Gasteiger partial charge is 0.352 e. The summed E-state index contributed by atoms with van der Waals surface area (Å²) in [5.41, 5.74) is 2.80. The Balaban J connectivity index is 1.70. The van der Waals surface area contributed by atoms with Gasteiger partial charge in [-0.2, -0.15) is 0 Å². The van der Waals surface area contributed by atoms with Crippen LogP contribution in [-0.4, -0.2) is 21.8 Å². The molecule has 0 fully saturated rings. The number of Topliss-reactive ketones (excluding diaryl/α,β-unsaturated/α-hetero) is 1. The van der Waals surface area contributed by atoms with Crippen LogP contribution >= 0.6 is 0 Å². The quantitative estimate of drug-likeness (QED) is 0.674. The van der Waals surface area contributed by atoms with Gasteiger partial charge in [0.15, 0.2) is 5.78 Å². The number of fused-ring (bicyclic) bond motifs is 1. The number of aromatic amines is 1. The number of hydrogen-bond donors (Lipinski definition) is 2. The van der Waals surface area contributed by atoms with E-state index in [2.05, 4.69) is 4.98 Å². The number of carbonyl (C=O) groups is 2. The molecule has 1 heterocycles. The summed E-state index contributed by atoms with van der Waals surface area (Å²) < 4.78 is 0. The third-order valence-electron chi connectivity index (χ3n) is 3.93. The fourth-order valence-corrected chi connectivity index (χ4v) is 2.76. The van der Waals surface area contributed by atoms with Crippen LogP contribution in [0.4, 0.5) is 0 Å². The molecule has 0 bridgehead atoms. The summed E-state index contributed by atoms with van der Waals surface area (Å²) in [7, 11) is 0. The molecule has 0 radical (unpaired) electrons. The maximum atomic E-state index is 12.1. The van der Waals surface area contributed by atoms with Crippen molar-refractivity contribution in [1.29, 1.82) is 0 Å². The Kier molecular flexibility index (Phi) is 4.24. The highest BCUT2D eigenvalue weighted by Gasteiger charge is 2.11. The summed E-state index contributed by atoms with van der Waals surface area (Å²) in [5.74, 6) is -0.829. The minimum Gasteiger partial charge on any atom is -0.477 e. The van der Waals surface area contributed by atoms with Gasteiger partial charge in [0.05, 0.1) is 0 Å². The minimum absolute atomic E-state index is 0.137.